The van der Waals surface area contributed by atoms with Crippen molar-refractivity contribution >= 4 is 6.09 Å². The Kier molecular flexibility index (Phi) is 7.13. The molecule has 1 amide bonds. The number of carbonyl (C=O) groups is 1. The minimum absolute atomic E-state index is 0.205. The van der Waals surface area contributed by atoms with E-state index in [0.29, 0.717) is 18.5 Å². The minimum atomic E-state index is -0.444. The third kappa shape index (κ3) is 6.97. The second kappa shape index (κ2) is 8.16. The average Bonchev–Trinajstić information content (AvgIpc) is 2.35. The molecule has 1 saturated heterocycles. The molecule has 130 valence electrons. The molecule has 0 saturated carbocycles. The van der Waals surface area contributed by atoms with Crippen molar-refractivity contribution in [3.05, 3.63) is 0 Å². The molecule has 0 radical (unpaired) electrons. The average molecular weight is 314 g/mol. The first-order valence-corrected chi connectivity index (χ1v) is 8.48. The molecule has 0 aromatic heterocycles. The number of piperidine rings is 1. The van der Waals surface area contributed by atoms with Crippen molar-refractivity contribution in [3.63, 3.8) is 0 Å². The van der Waals surface area contributed by atoms with E-state index >= 15 is 0 Å². The monoisotopic (exact) mass is 314 g/mol. The molecule has 0 aromatic rings. The summed E-state index contributed by atoms with van der Waals surface area (Å²) in [6.45, 7) is 14.9. The molecule has 1 rings (SSSR count). The van der Waals surface area contributed by atoms with Crippen molar-refractivity contribution in [1.29, 1.82) is 0 Å². The molecular weight excluding hydrogens is 280 g/mol. The molecule has 22 heavy (non-hydrogen) atoms. The molecule has 0 aromatic carbocycles. The van der Waals surface area contributed by atoms with E-state index in [1.165, 1.54) is 0 Å². The topological polar surface area (TPSA) is 53.0 Å². The van der Waals surface area contributed by atoms with Gasteiger partial charge >= 0.3 is 6.09 Å². The normalized spacial score (nSPS) is 21.3. The number of hydrogen-bond acceptors (Lipinski definition) is 4. The second-order valence-corrected chi connectivity index (χ2v) is 7.83. The SMILES string of the molecule is CC(O)CN(CC1CCCN(C(=O)OC(C)(C)C)C1)C(C)C. The van der Waals surface area contributed by atoms with Gasteiger partial charge in [-0.3, -0.25) is 4.90 Å². The van der Waals surface area contributed by atoms with Crippen LogP contribution in [0, 0.1) is 5.92 Å². The Hall–Kier alpha value is -0.810. The number of ether oxygens (including phenoxy) is 1. The zero-order valence-electron chi connectivity index (χ0n) is 15.1. The van der Waals surface area contributed by atoms with Crippen molar-refractivity contribution in [2.24, 2.45) is 5.92 Å². The number of aliphatic hydroxyl groups is 1. The highest BCUT2D eigenvalue weighted by atomic mass is 16.6. The van der Waals surface area contributed by atoms with Gasteiger partial charge < -0.3 is 14.7 Å². The summed E-state index contributed by atoms with van der Waals surface area (Å²) < 4.78 is 5.48. The van der Waals surface area contributed by atoms with Crippen molar-refractivity contribution in [2.45, 2.75) is 72.1 Å². The van der Waals surface area contributed by atoms with Crippen LogP contribution >= 0.6 is 0 Å². The highest BCUT2D eigenvalue weighted by molar-refractivity contribution is 5.68. The molecule has 1 N–H and O–H groups in total. The lowest BCUT2D eigenvalue weighted by Crippen LogP contribution is -2.47. The lowest BCUT2D eigenvalue weighted by molar-refractivity contribution is 0.0120. The maximum absolute atomic E-state index is 12.2. The summed E-state index contributed by atoms with van der Waals surface area (Å²) in [6.07, 6.45) is 1.61. The van der Waals surface area contributed by atoms with Crippen LogP contribution in [0.5, 0.6) is 0 Å². The summed E-state index contributed by atoms with van der Waals surface area (Å²) >= 11 is 0. The molecule has 1 heterocycles. The highest BCUT2D eigenvalue weighted by Crippen LogP contribution is 2.21. The molecule has 5 heteroatoms. The predicted octanol–water partition coefficient (Wildman–Crippen LogP) is 2.72. The minimum Gasteiger partial charge on any atom is -0.444 e. The summed E-state index contributed by atoms with van der Waals surface area (Å²) in [5.74, 6) is 0.447. The van der Waals surface area contributed by atoms with E-state index in [1.54, 1.807) is 0 Å². The van der Waals surface area contributed by atoms with E-state index in [4.69, 9.17) is 4.74 Å². The summed E-state index contributed by atoms with van der Waals surface area (Å²) in [4.78, 5) is 16.3. The molecule has 1 aliphatic heterocycles. The molecule has 2 atom stereocenters. The van der Waals surface area contributed by atoms with Crippen LogP contribution in [0.4, 0.5) is 4.79 Å². The van der Waals surface area contributed by atoms with E-state index in [0.717, 1.165) is 32.5 Å². The third-order valence-electron chi connectivity index (χ3n) is 3.89. The Bertz CT molecular complexity index is 350. The van der Waals surface area contributed by atoms with Crippen molar-refractivity contribution in [2.75, 3.05) is 26.2 Å². The van der Waals surface area contributed by atoms with Gasteiger partial charge in [0.1, 0.15) is 5.60 Å². The van der Waals surface area contributed by atoms with Crippen molar-refractivity contribution < 1.29 is 14.6 Å². The van der Waals surface area contributed by atoms with Crippen LogP contribution in [-0.4, -0.2) is 64.9 Å². The van der Waals surface area contributed by atoms with Crippen LogP contribution in [0.15, 0.2) is 0 Å². The van der Waals surface area contributed by atoms with Gasteiger partial charge in [0.25, 0.3) is 0 Å². The quantitative estimate of drug-likeness (QED) is 0.848. The molecule has 0 aliphatic carbocycles. The molecule has 5 nitrogen and oxygen atoms in total. The van der Waals surface area contributed by atoms with Crippen molar-refractivity contribution in [3.8, 4) is 0 Å². The molecule has 1 aliphatic rings. The first-order valence-electron chi connectivity index (χ1n) is 8.48. The van der Waals surface area contributed by atoms with E-state index in [2.05, 4.69) is 18.7 Å². The summed E-state index contributed by atoms with van der Waals surface area (Å²) in [6, 6.07) is 0.395. The fourth-order valence-electron chi connectivity index (χ4n) is 2.87. The molecular formula is C17H34N2O3. The molecule has 0 bridgehead atoms. The standard InChI is InChI=1S/C17H34N2O3/c1-13(2)19(10-14(3)20)12-15-8-7-9-18(11-15)16(21)22-17(4,5)6/h13-15,20H,7-12H2,1-6H3. The third-order valence-corrected chi connectivity index (χ3v) is 3.89. The Morgan fingerprint density at radius 3 is 2.50 bits per heavy atom. The van der Waals surface area contributed by atoms with Gasteiger partial charge in [0.2, 0.25) is 0 Å². The van der Waals surface area contributed by atoms with Crippen molar-refractivity contribution in [1.82, 2.24) is 9.80 Å². The van der Waals surface area contributed by atoms with Crippen LogP contribution in [0.1, 0.15) is 54.4 Å². The number of likely N-dealkylation sites (tertiary alicyclic amines) is 1. The van der Waals surface area contributed by atoms with Gasteiger partial charge in [0, 0.05) is 32.2 Å². The molecule has 2 unspecified atom stereocenters. The fourth-order valence-corrected chi connectivity index (χ4v) is 2.87. The number of aliphatic hydroxyl groups excluding tert-OH is 1. The Morgan fingerprint density at radius 2 is 2.00 bits per heavy atom. The highest BCUT2D eigenvalue weighted by Gasteiger charge is 2.29. The van der Waals surface area contributed by atoms with Gasteiger partial charge in [-0.1, -0.05) is 0 Å². The van der Waals surface area contributed by atoms with E-state index in [9.17, 15) is 9.90 Å². The lowest BCUT2D eigenvalue weighted by Gasteiger charge is -2.37. The predicted molar refractivity (Wildman–Crippen MR) is 88.9 cm³/mol. The Balaban J connectivity index is 2.56. The van der Waals surface area contributed by atoms with E-state index < -0.39 is 5.60 Å². The Labute approximate surface area is 135 Å². The zero-order valence-corrected chi connectivity index (χ0v) is 15.1. The van der Waals surface area contributed by atoms with Crippen LogP contribution in [0.2, 0.25) is 0 Å². The van der Waals surface area contributed by atoms with Crippen LogP contribution in [-0.2, 0) is 4.74 Å². The van der Waals surface area contributed by atoms with Gasteiger partial charge in [-0.25, -0.2) is 4.79 Å². The van der Waals surface area contributed by atoms with Crippen LogP contribution in [0.3, 0.4) is 0 Å². The van der Waals surface area contributed by atoms with Gasteiger partial charge in [0.05, 0.1) is 6.10 Å². The zero-order chi connectivity index (χ0) is 16.9. The molecule has 1 fully saturated rings. The maximum Gasteiger partial charge on any atom is 0.410 e. The number of hydrogen-bond donors (Lipinski definition) is 1. The fraction of sp³-hybridized carbons (Fsp3) is 0.941. The molecule has 0 spiro atoms. The number of amides is 1. The lowest BCUT2D eigenvalue weighted by atomic mass is 9.97. The first kappa shape index (κ1) is 19.2. The largest absolute Gasteiger partial charge is 0.444 e. The van der Waals surface area contributed by atoms with Crippen LogP contribution in [0.25, 0.3) is 0 Å². The first-order chi connectivity index (χ1) is 10.1. The van der Waals surface area contributed by atoms with Gasteiger partial charge in [-0.15, -0.1) is 0 Å². The van der Waals surface area contributed by atoms with E-state index in [-0.39, 0.29) is 12.2 Å². The van der Waals surface area contributed by atoms with Gasteiger partial charge in [0.15, 0.2) is 0 Å². The summed E-state index contributed by atoms with van der Waals surface area (Å²) in [5.41, 5.74) is -0.444. The van der Waals surface area contributed by atoms with Gasteiger partial charge in [-0.05, 0) is 60.3 Å². The summed E-state index contributed by atoms with van der Waals surface area (Å²) in [7, 11) is 0. The smallest absolute Gasteiger partial charge is 0.410 e. The number of rotatable bonds is 5. The number of nitrogens with zero attached hydrogens (tertiary/aromatic N) is 2. The Morgan fingerprint density at radius 1 is 1.36 bits per heavy atom. The van der Waals surface area contributed by atoms with Gasteiger partial charge in [-0.2, -0.15) is 0 Å². The second-order valence-electron chi connectivity index (χ2n) is 7.83. The van der Waals surface area contributed by atoms with Crippen LogP contribution < -0.4 is 0 Å². The van der Waals surface area contributed by atoms with E-state index in [1.807, 2.05) is 32.6 Å². The maximum atomic E-state index is 12.2. The number of carbonyl (C=O) groups excluding carboxylic acids is 1. The summed E-state index contributed by atoms with van der Waals surface area (Å²) in [5, 5.41) is 9.64.